The summed E-state index contributed by atoms with van der Waals surface area (Å²) in [7, 11) is 7.47. The van der Waals surface area contributed by atoms with E-state index in [1.165, 1.54) is 7.11 Å². The monoisotopic (exact) mass is 274 g/mol. The first-order valence-electron chi connectivity index (χ1n) is 6.55. The van der Waals surface area contributed by atoms with Crippen molar-refractivity contribution in [3.63, 3.8) is 0 Å². The Balaban J connectivity index is 4.32. The van der Waals surface area contributed by atoms with Crippen LogP contribution in [0.5, 0.6) is 0 Å². The molecule has 19 heavy (non-hydrogen) atoms. The fourth-order valence-electron chi connectivity index (χ4n) is 1.74. The Kier molecular flexibility index (Phi) is 6.49. The van der Waals surface area contributed by atoms with Crippen molar-refractivity contribution in [1.29, 1.82) is 0 Å². The van der Waals surface area contributed by atoms with Gasteiger partial charge in [-0.1, -0.05) is 6.92 Å². The average molecular weight is 274 g/mol. The van der Waals surface area contributed by atoms with Gasteiger partial charge >= 0.3 is 11.9 Å². The Bertz CT molecular complexity index is 318. The van der Waals surface area contributed by atoms with Gasteiger partial charge in [0.05, 0.1) is 39.6 Å². The molecule has 0 aliphatic carbocycles. The van der Waals surface area contributed by atoms with Gasteiger partial charge in [0, 0.05) is 0 Å². The maximum absolute atomic E-state index is 12.0. The van der Waals surface area contributed by atoms with Crippen LogP contribution in [0.4, 0.5) is 0 Å². The van der Waals surface area contributed by atoms with E-state index in [0.29, 0.717) is 13.0 Å². The van der Waals surface area contributed by atoms with Gasteiger partial charge in [0.1, 0.15) is 13.2 Å². The number of quaternary nitrogens is 1. The highest BCUT2D eigenvalue weighted by Gasteiger charge is 2.33. The number of nitrogens with zero attached hydrogens (tertiary/aromatic N) is 1. The molecule has 0 fully saturated rings. The SMILES string of the molecule is COC(=O)C(C)CC(C)(C)C(=O)OCC[N+](C)(C)C. The predicted octanol–water partition coefficient (Wildman–Crippen LogP) is 1.46. The van der Waals surface area contributed by atoms with Crippen molar-refractivity contribution in [2.24, 2.45) is 11.3 Å². The number of carbonyl (C=O) groups is 2. The maximum atomic E-state index is 12.0. The molecule has 0 spiro atoms. The van der Waals surface area contributed by atoms with Crippen molar-refractivity contribution in [3.05, 3.63) is 0 Å². The first-order valence-corrected chi connectivity index (χ1v) is 6.55. The second kappa shape index (κ2) is 6.89. The van der Waals surface area contributed by atoms with Crippen LogP contribution in [-0.2, 0) is 19.1 Å². The fraction of sp³-hybridized carbons (Fsp3) is 0.857. The summed E-state index contributed by atoms with van der Waals surface area (Å²) in [5.74, 6) is -0.880. The number of hydrogen-bond donors (Lipinski definition) is 0. The molecule has 0 saturated heterocycles. The quantitative estimate of drug-likeness (QED) is 0.521. The highest BCUT2D eigenvalue weighted by molar-refractivity contribution is 5.78. The summed E-state index contributed by atoms with van der Waals surface area (Å²) in [6, 6.07) is 0. The number of methoxy groups -OCH3 is 1. The summed E-state index contributed by atoms with van der Waals surface area (Å²) in [4.78, 5) is 23.4. The van der Waals surface area contributed by atoms with E-state index < -0.39 is 5.41 Å². The molecule has 0 amide bonds. The van der Waals surface area contributed by atoms with Crippen LogP contribution < -0.4 is 0 Å². The van der Waals surface area contributed by atoms with E-state index in [0.717, 1.165) is 11.0 Å². The van der Waals surface area contributed by atoms with Crippen LogP contribution in [0.15, 0.2) is 0 Å². The number of ether oxygens (including phenoxy) is 2. The summed E-state index contributed by atoms with van der Waals surface area (Å²) < 4.78 is 10.7. The topological polar surface area (TPSA) is 52.6 Å². The molecule has 0 bridgehead atoms. The van der Waals surface area contributed by atoms with Crippen molar-refractivity contribution in [2.75, 3.05) is 41.4 Å². The van der Waals surface area contributed by atoms with Gasteiger partial charge in [-0.15, -0.1) is 0 Å². The van der Waals surface area contributed by atoms with E-state index in [2.05, 4.69) is 4.74 Å². The minimum atomic E-state index is -0.682. The third-order valence-corrected chi connectivity index (χ3v) is 2.97. The minimum Gasteiger partial charge on any atom is -0.469 e. The van der Waals surface area contributed by atoms with Gasteiger partial charge in [-0.05, 0) is 20.3 Å². The molecule has 1 atom stereocenters. The van der Waals surface area contributed by atoms with Crippen LogP contribution >= 0.6 is 0 Å². The molecule has 0 N–H and O–H groups in total. The fourth-order valence-corrected chi connectivity index (χ4v) is 1.74. The molecule has 5 heteroatoms. The molecule has 112 valence electrons. The third-order valence-electron chi connectivity index (χ3n) is 2.97. The summed E-state index contributed by atoms with van der Waals surface area (Å²) in [6.07, 6.45) is 0.420. The molecule has 0 heterocycles. The molecule has 0 aromatic heterocycles. The van der Waals surface area contributed by atoms with Crippen molar-refractivity contribution in [1.82, 2.24) is 0 Å². The largest absolute Gasteiger partial charge is 0.469 e. The zero-order valence-electron chi connectivity index (χ0n) is 13.3. The van der Waals surface area contributed by atoms with E-state index in [4.69, 9.17) is 4.74 Å². The van der Waals surface area contributed by atoms with Crippen LogP contribution in [0.2, 0.25) is 0 Å². The van der Waals surface area contributed by atoms with Gasteiger partial charge in [0.25, 0.3) is 0 Å². The highest BCUT2D eigenvalue weighted by atomic mass is 16.5. The van der Waals surface area contributed by atoms with Crippen molar-refractivity contribution in [3.8, 4) is 0 Å². The zero-order chi connectivity index (χ0) is 15.3. The van der Waals surface area contributed by atoms with Gasteiger partial charge in [-0.2, -0.15) is 0 Å². The van der Waals surface area contributed by atoms with Gasteiger partial charge in [-0.3, -0.25) is 9.59 Å². The molecule has 5 nitrogen and oxygen atoms in total. The lowest BCUT2D eigenvalue weighted by Crippen LogP contribution is -2.39. The van der Waals surface area contributed by atoms with E-state index in [1.807, 2.05) is 21.1 Å². The molecule has 1 unspecified atom stereocenters. The standard InChI is InChI=1S/C14H28NO4/c1-11(12(16)18-7)10-14(2,3)13(17)19-9-8-15(4,5)6/h11H,8-10H2,1-7H3/q+1. The summed E-state index contributed by atoms with van der Waals surface area (Å²) in [5.41, 5.74) is -0.682. The first-order chi connectivity index (χ1) is 8.49. The maximum Gasteiger partial charge on any atom is 0.311 e. The van der Waals surface area contributed by atoms with E-state index in [1.54, 1.807) is 20.8 Å². The molecule has 0 radical (unpaired) electrons. The second-order valence-electron chi connectivity index (χ2n) is 6.66. The Labute approximate surface area is 116 Å². The van der Waals surface area contributed by atoms with Crippen LogP contribution in [0.3, 0.4) is 0 Å². The predicted molar refractivity (Wildman–Crippen MR) is 73.4 cm³/mol. The van der Waals surface area contributed by atoms with E-state index in [-0.39, 0.29) is 17.9 Å². The van der Waals surface area contributed by atoms with Crippen LogP contribution in [0.1, 0.15) is 27.2 Å². The summed E-state index contributed by atoms with van der Waals surface area (Å²) >= 11 is 0. The van der Waals surface area contributed by atoms with Crippen LogP contribution in [-0.4, -0.2) is 57.8 Å². The Morgan fingerprint density at radius 3 is 2.16 bits per heavy atom. The number of carbonyl (C=O) groups excluding carboxylic acids is 2. The second-order valence-corrected chi connectivity index (χ2v) is 6.66. The normalized spacial score (nSPS) is 13.8. The van der Waals surface area contributed by atoms with Crippen LogP contribution in [0, 0.1) is 11.3 Å². The van der Waals surface area contributed by atoms with Gasteiger partial charge in [0.2, 0.25) is 0 Å². The average Bonchev–Trinajstić information content (AvgIpc) is 2.25. The summed E-state index contributed by atoms with van der Waals surface area (Å²) in [6.45, 7) is 6.49. The molecular weight excluding hydrogens is 246 g/mol. The molecule has 0 aromatic carbocycles. The zero-order valence-corrected chi connectivity index (χ0v) is 13.3. The number of esters is 2. The molecule has 0 rings (SSSR count). The first kappa shape index (κ1) is 17.9. The molecular formula is C14H28NO4+. The van der Waals surface area contributed by atoms with Gasteiger partial charge in [-0.25, -0.2) is 0 Å². The Morgan fingerprint density at radius 1 is 1.21 bits per heavy atom. The van der Waals surface area contributed by atoms with Crippen LogP contribution in [0.25, 0.3) is 0 Å². The minimum absolute atomic E-state index is 0.267. The van der Waals surface area contributed by atoms with Crippen molar-refractivity contribution in [2.45, 2.75) is 27.2 Å². The molecule has 0 aliphatic rings. The number of hydrogen-bond acceptors (Lipinski definition) is 4. The lowest BCUT2D eigenvalue weighted by atomic mass is 9.83. The third kappa shape index (κ3) is 7.15. The molecule has 0 saturated carbocycles. The van der Waals surface area contributed by atoms with Gasteiger partial charge in [0.15, 0.2) is 0 Å². The Hall–Kier alpha value is -1.10. The van der Waals surface area contributed by atoms with Gasteiger partial charge < -0.3 is 14.0 Å². The lowest BCUT2D eigenvalue weighted by molar-refractivity contribution is -0.870. The van der Waals surface area contributed by atoms with E-state index in [9.17, 15) is 9.59 Å². The lowest BCUT2D eigenvalue weighted by Gasteiger charge is -2.27. The van der Waals surface area contributed by atoms with E-state index >= 15 is 0 Å². The smallest absolute Gasteiger partial charge is 0.311 e. The van der Waals surface area contributed by atoms with Crippen molar-refractivity contribution >= 4 is 11.9 Å². The molecule has 0 aromatic rings. The Morgan fingerprint density at radius 2 is 1.74 bits per heavy atom. The van der Waals surface area contributed by atoms with Crippen molar-refractivity contribution < 1.29 is 23.5 Å². The summed E-state index contributed by atoms with van der Waals surface area (Å²) in [5, 5.41) is 0. The number of likely N-dealkylation sites (N-methyl/N-ethyl adjacent to an activating group) is 1. The molecule has 0 aliphatic heterocycles. The highest BCUT2D eigenvalue weighted by Crippen LogP contribution is 2.27. The number of rotatable bonds is 7.